The van der Waals surface area contributed by atoms with Crippen molar-refractivity contribution in [2.24, 2.45) is 0 Å². The molecule has 3 nitrogen and oxygen atoms in total. The number of hydrogen-bond donors (Lipinski definition) is 0. The number of hydrogen-bond acceptors (Lipinski definition) is 2. The first-order valence-corrected chi connectivity index (χ1v) is 6.30. The van der Waals surface area contributed by atoms with Gasteiger partial charge in [0.15, 0.2) is 0 Å². The molecule has 0 aliphatic heterocycles. The highest BCUT2D eigenvalue weighted by atomic mass is 19.4. The van der Waals surface area contributed by atoms with Crippen LogP contribution < -0.4 is 4.74 Å². The monoisotopic (exact) mass is 289 g/mol. The SMILES string of the molecule is CC(C)N(C(=O)Oc1ccc(C(F)(F)F)cc1)C(C)C. The molecule has 1 amide bonds. The van der Waals surface area contributed by atoms with E-state index in [4.69, 9.17) is 4.74 Å². The number of nitrogens with zero attached hydrogens (tertiary/aromatic N) is 1. The number of benzene rings is 1. The average Bonchev–Trinajstić information content (AvgIpc) is 2.26. The maximum atomic E-state index is 12.4. The number of carbonyl (C=O) groups excluding carboxylic acids is 1. The van der Waals surface area contributed by atoms with Gasteiger partial charge in [0.2, 0.25) is 0 Å². The minimum Gasteiger partial charge on any atom is -0.410 e. The van der Waals surface area contributed by atoms with E-state index in [1.54, 1.807) is 0 Å². The molecule has 0 N–H and O–H groups in total. The fraction of sp³-hybridized carbons (Fsp3) is 0.500. The summed E-state index contributed by atoms with van der Waals surface area (Å²) >= 11 is 0. The van der Waals surface area contributed by atoms with Gasteiger partial charge < -0.3 is 9.64 Å². The lowest BCUT2D eigenvalue weighted by Crippen LogP contribution is -2.43. The molecule has 0 atom stereocenters. The van der Waals surface area contributed by atoms with E-state index in [-0.39, 0.29) is 17.8 Å². The van der Waals surface area contributed by atoms with Crippen LogP contribution >= 0.6 is 0 Å². The van der Waals surface area contributed by atoms with Gasteiger partial charge in [-0.25, -0.2) is 4.79 Å². The molecule has 0 bridgehead atoms. The molecule has 1 aromatic rings. The van der Waals surface area contributed by atoms with Gasteiger partial charge in [-0.15, -0.1) is 0 Å². The Morgan fingerprint density at radius 2 is 1.50 bits per heavy atom. The fourth-order valence-electron chi connectivity index (χ4n) is 1.88. The first kappa shape index (κ1) is 16.3. The number of carbonyl (C=O) groups is 1. The van der Waals surface area contributed by atoms with Crippen molar-refractivity contribution in [1.29, 1.82) is 0 Å². The third-order valence-electron chi connectivity index (χ3n) is 2.71. The van der Waals surface area contributed by atoms with Crippen LogP contribution in [0.3, 0.4) is 0 Å². The summed E-state index contributed by atoms with van der Waals surface area (Å²) in [6, 6.07) is 3.93. The number of alkyl halides is 3. The topological polar surface area (TPSA) is 29.5 Å². The van der Waals surface area contributed by atoms with Crippen LogP contribution in [-0.4, -0.2) is 23.1 Å². The molecule has 0 spiro atoms. The van der Waals surface area contributed by atoms with E-state index in [0.717, 1.165) is 24.3 Å². The van der Waals surface area contributed by atoms with Crippen molar-refractivity contribution in [3.05, 3.63) is 29.8 Å². The van der Waals surface area contributed by atoms with Gasteiger partial charge in [0.1, 0.15) is 5.75 Å². The normalized spacial score (nSPS) is 11.8. The lowest BCUT2D eigenvalue weighted by atomic mass is 10.2. The molecule has 0 saturated carbocycles. The first-order chi connectivity index (χ1) is 9.12. The van der Waals surface area contributed by atoms with E-state index in [0.29, 0.717) is 0 Å². The second kappa shape index (κ2) is 6.15. The summed E-state index contributed by atoms with van der Waals surface area (Å²) in [6.07, 6.45) is -4.97. The summed E-state index contributed by atoms with van der Waals surface area (Å²) in [7, 11) is 0. The first-order valence-electron chi connectivity index (χ1n) is 6.30. The second-order valence-electron chi connectivity index (χ2n) is 4.98. The molecule has 0 heterocycles. The largest absolute Gasteiger partial charge is 0.416 e. The Bertz CT molecular complexity index is 444. The molecule has 0 aliphatic rings. The maximum absolute atomic E-state index is 12.4. The summed E-state index contributed by atoms with van der Waals surface area (Å²) in [5.41, 5.74) is -0.776. The van der Waals surface area contributed by atoms with E-state index < -0.39 is 17.8 Å². The Kier molecular flexibility index (Phi) is 5.03. The maximum Gasteiger partial charge on any atom is 0.416 e. The third kappa shape index (κ3) is 4.15. The summed E-state index contributed by atoms with van der Waals surface area (Å²) in [5.74, 6) is 0.0919. The van der Waals surface area contributed by atoms with Gasteiger partial charge in [0.25, 0.3) is 0 Å². The molecule has 0 aliphatic carbocycles. The molecule has 1 aromatic carbocycles. The van der Waals surface area contributed by atoms with Gasteiger partial charge in [-0.05, 0) is 52.0 Å². The average molecular weight is 289 g/mol. The zero-order chi connectivity index (χ0) is 15.5. The highest BCUT2D eigenvalue weighted by Crippen LogP contribution is 2.30. The lowest BCUT2D eigenvalue weighted by molar-refractivity contribution is -0.137. The van der Waals surface area contributed by atoms with E-state index in [2.05, 4.69) is 0 Å². The van der Waals surface area contributed by atoms with Gasteiger partial charge >= 0.3 is 12.3 Å². The molecule has 0 unspecified atom stereocenters. The Morgan fingerprint density at radius 3 is 1.85 bits per heavy atom. The number of ether oxygens (including phenoxy) is 1. The number of halogens is 3. The molecule has 1 rings (SSSR count). The van der Waals surface area contributed by atoms with Crippen LogP contribution in [-0.2, 0) is 6.18 Å². The molecule has 0 radical (unpaired) electrons. The van der Waals surface area contributed by atoms with Gasteiger partial charge in [-0.3, -0.25) is 0 Å². The molecule has 0 saturated heterocycles. The van der Waals surface area contributed by atoms with Gasteiger partial charge in [0.05, 0.1) is 5.56 Å². The summed E-state index contributed by atoms with van der Waals surface area (Å²) in [6.45, 7) is 7.37. The van der Waals surface area contributed by atoms with Crippen LogP contribution in [0.25, 0.3) is 0 Å². The van der Waals surface area contributed by atoms with E-state index in [1.165, 1.54) is 4.90 Å². The minimum absolute atomic E-state index is 0.0584. The molecule has 0 aromatic heterocycles. The Labute approximate surface area is 116 Å². The summed E-state index contributed by atoms with van der Waals surface area (Å²) in [4.78, 5) is 13.5. The fourth-order valence-corrected chi connectivity index (χ4v) is 1.88. The van der Waals surface area contributed by atoms with Crippen molar-refractivity contribution in [3.63, 3.8) is 0 Å². The lowest BCUT2D eigenvalue weighted by Gasteiger charge is -2.29. The van der Waals surface area contributed by atoms with Crippen molar-refractivity contribution >= 4 is 6.09 Å². The van der Waals surface area contributed by atoms with Crippen molar-refractivity contribution in [2.75, 3.05) is 0 Å². The Morgan fingerprint density at radius 1 is 1.05 bits per heavy atom. The van der Waals surface area contributed by atoms with Crippen molar-refractivity contribution in [1.82, 2.24) is 4.90 Å². The molecule has 20 heavy (non-hydrogen) atoms. The van der Waals surface area contributed by atoms with Gasteiger partial charge in [-0.2, -0.15) is 13.2 Å². The van der Waals surface area contributed by atoms with Crippen molar-refractivity contribution in [3.8, 4) is 5.75 Å². The Balaban J connectivity index is 2.81. The van der Waals surface area contributed by atoms with Crippen LogP contribution in [0.1, 0.15) is 33.3 Å². The van der Waals surface area contributed by atoms with Crippen molar-refractivity contribution in [2.45, 2.75) is 46.0 Å². The zero-order valence-electron chi connectivity index (χ0n) is 11.9. The molecular weight excluding hydrogens is 271 g/mol. The van der Waals surface area contributed by atoms with Gasteiger partial charge in [-0.1, -0.05) is 0 Å². The molecule has 6 heteroatoms. The third-order valence-corrected chi connectivity index (χ3v) is 2.71. The smallest absolute Gasteiger partial charge is 0.410 e. The van der Waals surface area contributed by atoms with E-state index in [9.17, 15) is 18.0 Å². The second-order valence-corrected chi connectivity index (χ2v) is 4.98. The highest BCUT2D eigenvalue weighted by Gasteiger charge is 2.30. The predicted molar refractivity (Wildman–Crippen MR) is 69.6 cm³/mol. The Hall–Kier alpha value is -1.72. The number of amides is 1. The standard InChI is InChI=1S/C14H18F3NO2/c1-9(2)18(10(3)4)13(19)20-12-7-5-11(6-8-12)14(15,16)17/h5-10H,1-4H3. The van der Waals surface area contributed by atoms with Crippen LogP contribution in [0.4, 0.5) is 18.0 Å². The van der Waals surface area contributed by atoms with E-state index in [1.807, 2.05) is 27.7 Å². The predicted octanol–water partition coefficient (Wildman–Crippen LogP) is 4.32. The van der Waals surface area contributed by atoms with Crippen molar-refractivity contribution < 1.29 is 22.7 Å². The van der Waals surface area contributed by atoms with Crippen LogP contribution in [0.15, 0.2) is 24.3 Å². The van der Waals surface area contributed by atoms with Crippen LogP contribution in [0.2, 0.25) is 0 Å². The summed E-state index contributed by atoms with van der Waals surface area (Å²) < 4.78 is 42.3. The molecule has 112 valence electrons. The molecule has 0 fully saturated rings. The van der Waals surface area contributed by atoms with Gasteiger partial charge in [0, 0.05) is 12.1 Å². The quantitative estimate of drug-likeness (QED) is 0.829. The highest BCUT2D eigenvalue weighted by molar-refractivity contribution is 5.71. The minimum atomic E-state index is -4.40. The van der Waals surface area contributed by atoms with E-state index >= 15 is 0 Å². The zero-order valence-corrected chi connectivity index (χ0v) is 11.9. The molecular formula is C14H18F3NO2. The van der Waals surface area contributed by atoms with Crippen LogP contribution in [0.5, 0.6) is 5.75 Å². The summed E-state index contributed by atoms with van der Waals surface area (Å²) in [5, 5.41) is 0. The van der Waals surface area contributed by atoms with Crippen LogP contribution in [0, 0.1) is 0 Å². The number of rotatable bonds is 3.